The third-order valence-corrected chi connectivity index (χ3v) is 4.02. The van der Waals surface area contributed by atoms with Gasteiger partial charge in [0.05, 0.1) is 12.2 Å². The van der Waals surface area contributed by atoms with E-state index in [-0.39, 0.29) is 19.9 Å². The number of H-pyrrole nitrogens is 1. The Morgan fingerprint density at radius 2 is 2.04 bits per heavy atom. The Balaban J connectivity index is 0.00000169. The third kappa shape index (κ3) is 2.23. The fourth-order valence-electron chi connectivity index (χ4n) is 3.09. The molecule has 0 saturated carbocycles. The zero-order valence-corrected chi connectivity index (χ0v) is 12.1. The molecule has 1 aliphatic rings. The van der Waals surface area contributed by atoms with E-state index in [2.05, 4.69) is 15.6 Å². The molecule has 0 saturated heterocycles. The summed E-state index contributed by atoms with van der Waals surface area (Å²) in [7, 11) is 0. The molecular weight excluding hydrogens is 309 g/mol. The van der Waals surface area contributed by atoms with Crippen LogP contribution in [0, 0.1) is 5.82 Å². The number of nitrogens with one attached hydrogen (secondary N) is 3. The lowest BCUT2D eigenvalue weighted by Crippen LogP contribution is -2.08. The van der Waals surface area contributed by atoms with Gasteiger partial charge >= 0.3 is 0 Å². The van der Waals surface area contributed by atoms with Crippen molar-refractivity contribution in [3.63, 3.8) is 0 Å². The summed E-state index contributed by atoms with van der Waals surface area (Å²) >= 11 is 0. The van der Waals surface area contributed by atoms with Crippen LogP contribution in [0.2, 0.25) is 0 Å². The van der Waals surface area contributed by atoms with Gasteiger partial charge in [-0.15, -0.1) is 0 Å². The minimum atomic E-state index is -0.403. The van der Waals surface area contributed by atoms with E-state index in [1.807, 2.05) is 12.1 Å². The molecule has 1 amide bonds. The van der Waals surface area contributed by atoms with E-state index in [9.17, 15) is 9.18 Å². The molecule has 0 unspecified atom stereocenters. The molecule has 4 N–H and O–H groups in total. The maximum Gasteiger partial charge on any atom is 0.257 e. The van der Waals surface area contributed by atoms with Gasteiger partial charge in [-0.3, -0.25) is 4.79 Å². The molecule has 2 heterocycles. The van der Waals surface area contributed by atoms with E-state index >= 15 is 0 Å². The lowest BCUT2D eigenvalue weighted by molar-refractivity contribution is 0.103. The Morgan fingerprint density at radius 3 is 2.75 bits per heavy atom. The molecule has 4 rings (SSSR count). The van der Waals surface area contributed by atoms with Gasteiger partial charge in [0.2, 0.25) is 0 Å². The average Bonchev–Trinajstić information content (AvgIpc) is 3.18. The van der Waals surface area contributed by atoms with Crippen molar-refractivity contribution in [1.29, 1.82) is 0 Å². The Labute approximate surface area is 138 Å². The van der Waals surface area contributed by atoms with Gasteiger partial charge in [0.25, 0.3) is 5.91 Å². The van der Waals surface area contributed by atoms with Gasteiger partial charge < -0.3 is 20.7 Å². The van der Waals surface area contributed by atoms with E-state index in [0.717, 1.165) is 5.69 Å². The van der Waals surface area contributed by atoms with Crippen molar-refractivity contribution in [1.82, 2.24) is 4.98 Å². The quantitative estimate of drug-likeness (QED) is 0.591. The fraction of sp³-hybridized carbons (Fsp3) is 0.167. The predicted molar refractivity (Wildman–Crippen MR) is 94.0 cm³/mol. The van der Waals surface area contributed by atoms with Crippen molar-refractivity contribution < 1.29 is 14.3 Å². The van der Waals surface area contributed by atoms with Gasteiger partial charge in [-0.2, -0.15) is 0 Å². The van der Waals surface area contributed by atoms with Gasteiger partial charge in [0, 0.05) is 46.1 Å². The van der Waals surface area contributed by atoms with Crippen molar-refractivity contribution >= 4 is 28.1 Å². The predicted octanol–water partition coefficient (Wildman–Crippen LogP) is 3.58. The number of carbonyl (C=O) groups excluding carboxylic acids is 1. The van der Waals surface area contributed by atoms with Crippen molar-refractivity contribution in [3.8, 4) is 11.3 Å². The first-order chi connectivity index (χ1) is 11.2. The second kappa shape index (κ2) is 5.98. The van der Waals surface area contributed by atoms with Gasteiger partial charge in [-0.1, -0.05) is 7.43 Å². The highest BCUT2D eigenvalue weighted by Gasteiger charge is 2.29. The monoisotopic (exact) mass is 327 g/mol. The normalized spacial score (nSPS) is 12.2. The molecule has 0 bridgehead atoms. The summed E-state index contributed by atoms with van der Waals surface area (Å²) in [6, 6.07) is 8.35. The molecule has 0 aliphatic carbocycles. The van der Waals surface area contributed by atoms with Gasteiger partial charge in [0.15, 0.2) is 0 Å². The number of aliphatic hydroxyl groups excluding tert-OH is 1. The maximum absolute atomic E-state index is 14.4. The average molecular weight is 327 g/mol. The summed E-state index contributed by atoms with van der Waals surface area (Å²) in [5.41, 5.74) is 3.10. The summed E-state index contributed by atoms with van der Waals surface area (Å²) in [4.78, 5) is 15.5. The number of carbonyl (C=O) groups is 1. The lowest BCUT2D eigenvalue weighted by atomic mass is 9.96. The Hall–Kier alpha value is -2.86. The highest BCUT2D eigenvalue weighted by molar-refractivity contribution is 6.28. The minimum Gasteiger partial charge on any atom is -0.395 e. The van der Waals surface area contributed by atoms with E-state index in [1.165, 1.54) is 6.07 Å². The minimum absolute atomic E-state index is 0. The van der Waals surface area contributed by atoms with E-state index in [0.29, 0.717) is 39.8 Å². The summed E-state index contributed by atoms with van der Waals surface area (Å²) in [5.74, 6) is -0.645. The zero-order chi connectivity index (χ0) is 16.0. The second-order valence-corrected chi connectivity index (χ2v) is 5.38. The summed E-state index contributed by atoms with van der Waals surface area (Å²) in [6.07, 6.45) is 1.77. The lowest BCUT2D eigenvalue weighted by Gasteiger charge is -2.14. The number of hydrogen-bond acceptors (Lipinski definition) is 3. The zero-order valence-electron chi connectivity index (χ0n) is 12.1. The third-order valence-electron chi connectivity index (χ3n) is 4.02. The molecule has 3 aromatic rings. The van der Waals surface area contributed by atoms with Crippen LogP contribution in [0.5, 0.6) is 0 Å². The molecule has 1 aromatic heterocycles. The number of aromatic nitrogens is 1. The van der Waals surface area contributed by atoms with Crippen molar-refractivity contribution in [2.24, 2.45) is 0 Å². The number of rotatable bonds is 4. The number of halogens is 1. The smallest absolute Gasteiger partial charge is 0.257 e. The molecule has 5 nitrogen and oxygen atoms in total. The van der Waals surface area contributed by atoms with Gasteiger partial charge in [0.1, 0.15) is 5.82 Å². The van der Waals surface area contributed by atoms with Crippen LogP contribution in [-0.2, 0) is 0 Å². The highest BCUT2D eigenvalue weighted by atomic mass is 19.1. The first kappa shape index (κ1) is 16.0. The summed E-state index contributed by atoms with van der Waals surface area (Å²) < 4.78 is 14.4. The van der Waals surface area contributed by atoms with Crippen LogP contribution >= 0.6 is 0 Å². The van der Waals surface area contributed by atoms with Gasteiger partial charge in [-0.05, 0) is 30.3 Å². The first-order valence-electron chi connectivity index (χ1n) is 7.29. The first-order valence-corrected chi connectivity index (χ1v) is 7.29. The molecule has 0 fully saturated rings. The second-order valence-electron chi connectivity index (χ2n) is 5.38. The maximum atomic E-state index is 14.4. The van der Waals surface area contributed by atoms with Gasteiger partial charge in [-0.25, -0.2) is 4.39 Å². The molecular formula is C18H18FN3O2. The Morgan fingerprint density at radius 1 is 1.21 bits per heavy atom. The Bertz CT molecular complexity index is 920. The summed E-state index contributed by atoms with van der Waals surface area (Å²) in [5, 5.41) is 15.8. The van der Waals surface area contributed by atoms with Crippen LogP contribution in [0.3, 0.4) is 0 Å². The molecule has 0 atom stereocenters. The fourth-order valence-corrected chi connectivity index (χ4v) is 3.09. The van der Waals surface area contributed by atoms with Crippen LogP contribution in [0.4, 0.5) is 15.8 Å². The Kier molecular flexibility index (Phi) is 3.99. The SMILES string of the molecule is C.O=C1Nc2ccc(F)c3c(NCCO)cc(-c4ccc[nH]4)c1c23. The number of anilines is 2. The standard InChI is InChI=1S/C17H14FN3O2.CH4/c18-10-3-4-12-16-14(17(23)21-12)9(11-2-1-5-19-11)8-13(15(10)16)20-6-7-22;/h1-5,8,19-20,22H,6-7H2,(H,21,23);1H4. The van der Waals surface area contributed by atoms with E-state index in [1.54, 1.807) is 18.3 Å². The van der Waals surface area contributed by atoms with E-state index < -0.39 is 5.82 Å². The number of benzene rings is 2. The molecule has 2 aromatic carbocycles. The topological polar surface area (TPSA) is 77.2 Å². The van der Waals surface area contributed by atoms with Crippen LogP contribution in [0.1, 0.15) is 17.8 Å². The van der Waals surface area contributed by atoms with Crippen LogP contribution in [0.25, 0.3) is 22.0 Å². The van der Waals surface area contributed by atoms with Crippen molar-refractivity contribution in [2.75, 3.05) is 23.8 Å². The number of aromatic amines is 1. The van der Waals surface area contributed by atoms with Crippen LogP contribution < -0.4 is 10.6 Å². The summed E-state index contributed by atoms with van der Waals surface area (Å²) in [6.45, 7) is 0.225. The number of amides is 1. The molecule has 0 radical (unpaired) electrons. The molecule has 6 heteroatoms. The number of hydrogen-bond donors (Lipinski definition) is 4. The largest absolute Gasteiger partial charge is 0.395 e. The van der Waals surface area contributed by atoms with Crippen LogP contribution in [-0.4, -0.2) is 29.1 Å². The highest BCUT2D eigenvalue weighted by Crippen LogP contribution is 2.43. The molecule has 0 spiro atoms. The van der Waals surface area contributed by atoms with Crippen LogP contribution in [0.15, 0.2) is 36.5 Å². The molecule has 124 valence electrons. The van der Waals surface area contributed by atoms with Crippen molar-refractivity contribution in [2.45, 2.75) is 7.43 Å². The van der Waals surface area contributed by atoms with E-state index in [4.69, 9.17) is 5.11 Å². The number of aliphatic hydroxyl groups is 1. The molecule has 1 aliphatic heterocycles. The molecule has 24 heavy (non-hydrogen) atoms. The van der Waals surface area contributed by atoms with Crippen molar-refractivity contribution in [3.05, 3.63) is 47.9 Å².